The van der Waals surface area contributed by atoms with Crippen LogP contribution < -0.4 is 5.32 Å². The predicted molar refractivity (Wildman–Crippen MR) is 157 cm³/mol. The first kappa shape index (κ1) is 32.6. The maximum atomic E-state index is 14.1. The monoisotopic (exact) mass is 618 g/mol. The van der Waals surface area contributed by atoms with Crippen LogP contribution in [0.5, 0.6) is 0 Å². The molecule has 0 bridgehead atoms. The van der Waals surface area contributed by atoms with E-state index < -0.39 is 52.2 Å². The van der Waals surface area contributed by atoms with Crippen LogP contribution in [-0.2, 0) is 39.7 Å². The molecule has 10 nitrogen and oxygen atoms in total. The third-order valence-corrected chi connectivity index (χ3v) is 7.73. The van der Waals surface area contributed by atoms with E-state index in [-0.39, 0.29) is 31.4 Å². The normalized spacial score (nSPS) is 23.1. The molecule has 0 aliphatic carbocycles. The van der Waals surface area contributed by atoms with Crippen molar-refractivity contribution in [3.05, 3.63) is 83.7 Å². The van der Waals surface area contributed by atoms with Gasteiger partial charge in [0.1, 0.15) is 29.7 Å². The third-order valence-electron chi connectivity index (χ3n) is 7.17. The number of ether oxygens (including phenoxy) is 3. The number of fused-ring (bicyclic) bond motifs is 1. The zero-order chi connectivity index (χ0) is 31.4. The van der Waals surface area contributed by atoms with Crippen molar-refractivity contribution in [2.24, 2.45) is 0 Å². The van der Waals surface area contributed by atoms with Crippen molar-refractivity contribution < 1.29 is 40.8 Å². The van der Waals surface area contributed by atoms with Gasteiger partial charge in [0, 0.05) is 13.0 Å². The van der Waals surface area contributed by atoms with Gasteiger partial charge in [0.15, 0.2) is 0 Å². The lowest BCUT2D eigenvalue weighted by molar-refractivity contribution is -0.162. The van der Waals surface area contributed by atoms with Crippen LogP contribution in [-0.4, -0.2) is 81.3 Å². The highest BCUT2D eigenvalue weighted by Crippen LogP contribution is 2.36. The predicted octanol–water partition coefficient (Wildman–Crippen LogP) is 3.90. The summed E-state index contributed by atoms with van der Waals surface area (Å²) in [5.74, 6) is -0.651. The van der Waals surface area contributed by atoms with Crippen molar-refractivity contribution in [3.63, 3.8) is 0 Å². The van der Waals surface area contributed by atoms with Crippen LogP contribution in [0, 0.1) is 5.82 Å². The highest BCUT2D eigenvalue weighted by molar-refractivity contribution is 7.85. The molecule has 0 radical (unpaired) electrons. The van der Waals surface area contributed by atoms with E-state index in [1.165, 1.54) is 18.2 Å². The molecule has 2 heterocycles. The average Bonchev–Trinajstić information content (AvgIpc) is 2.94. The lowest BCUT2D eigenvalue weighted by Crippen LogP contribution is -2.57. The minimum atomic E-state index is -3.73. The molecule has 0 spiro atoms. The Morgan fingerprint density at radius 1 is 1.19 bits per heavy atom. The van der Waals surface area contributed by atoms with Gasteiger partial charge in [-0.2, -0.15) is 8.42 Å². The van der Waals surface area contributed by atoms with Crippen LogP contribution in [0.15, 0.2) is 61.2 Å². The van der Waals surface area contributed by atoms with Crippen molar-refractivity contribution in [1.82, 2.24) is 10.2 Å². The second kappa shape index (κ2) is 13.5. The average molecular weight is 619 g/mol. The second-order valence-corrected chi connectivity index (χ2v) is 13.3. The molecule has 234 valence electrons. The summed E-state index contributed by atoms with van der Waals surface area (Å²) in [4.78, 5) is 28.6. The number of amides is 2. The Labute approximate surface area is 252 Å². The molecule has 2 aliphatic rings. The lowest BCUT2D eigenvalue weighted by atomic mass is 9.87. The summed E-state index contributed by atoms with van der Waals surface area (Å²) in [5, 5.41) is 2.81. The van der Waals surface area contributed by atoms with E-state index in [4.69, 9.17) is 18.4 Å². The first-order valence-corrected chi connectivity index (χ1v) is 15.9. The van der Waals surface area contributed by atoms with Gasteiger partial charge in [-0.25, -0.2) is 9.18 Å². The Balaban J connectivity index is 1.57. The van der Waals surface area contributed by atoms with E-state index >= 15 is 0 Å². The van der Waals surface area contributed by atoms with E-state index in [9.17, 15) is 22.4 Å². The lowest BCUT2D eigenvalue weighted by Gasteiger charge is -2.42. The maximum absolute atomic E-state index is 14.1. The minimum Gasteiger partial charge on any atom is -0.444 e. The fourth-order valence-electron chi connectivity index (χ4n) is 5.27. The summed E-state index contributed by atoms with van der Waals surface area (Å²) in [6.45, 7) is 8.92. The van der Waals surface area contributed by atoms with Crippen molar-refractivity contribution in [1.29, 1.82) is 0 Å². The van der Waals surface area contributed by atoms with Gasteiger partial charge in [-0.15, -0.1) is 6.58 Å². The Hall–Kier alpha value is -3.32. The number of hydrogen-bond acceptors (Lipinski definition) is 8. The van der Waals surface area contributed by atoms with Gasteiger partial charge in [-0.3, -0.25) is 8.98 Å². The quantitative estimate of drug-likeness (QED) is 0.332. The molecule has 2 aromatic rings. The Morgan fingerprint density at radius 2 is 1.88 bits per heavy atom. The number of halogens is 1. The second-order valence-electron chi connectivity index (χ2n) is 11.7. The summed E-state index contributed by atoms with van der Waals surface area (Å²) in [6, 6.07) is 12.8. The molecule has 1 saturated heterocycles. The topological polar surface area (TPSA) is 120 Å². The number of carbonyl (C=O) groups is 2. The molecule has 2 aliphatic heterocycles. The first-order valence-electron chi connectivity index (χ1n) is 14.1. The van der Waals surface area contributed by atoms with Crippen LogP contribution >= 0.6 is 0 Å². The summed E-state index contributed by atoms with van der Waals surface area (Å²) in [6.07, 6.45) is -0.200. The van der Waals surface area contributed by atoms with E-state index in [1.807, 2.05) is 24.3 Å². The van der Waals surface area contributed by atoms with E-state index in [0.717, 1.165) is 22.9 Å². The number of hydrogen-bond donors (Lipinski definition) is 1. The summed E-state index contributed by atoms with van der Waals surface area (Å²) in [5.41, 5.74) is 2.06. The molecular weight excluding hydrogens is 579 g/mol. The Morgan fingerprint density at radius 3 is 2.53 bits per heavy atom. The Kier molecular flexibility index (Phi) is 10.3. The number of alkyl carbamates (subject to hydrolysis) is 1. The molecule has 43 heavy (non-hydrogen) atoms. The zero-order valence-corrected chi connectivity index (χ0v) is 25.6. The number of rotatable bonds is 9. The van der Waals surface area contributed by atoms with Gasteiger partial charge >= 0.3 is 6.09 Å². The number of nitrogens with zero attached hydrogens (tertiary/aromatic N) is 1. The SMILES string of the molecule is C=CC(COS(C)(=O)=O)O[C@H]1CO[C@@H](C(=O)N2CCc3ccccc3[C@@H]2c2ccc(F)cc2)C[C@@H]1NC(=O)OC(C)(C)C. The van der Waals surface area contributed by atoms with Crippen LogP contribution in [0.1, 0.15) is 49.9 Å². The molecular formula is C31H39FN2O8S. The van der Waals surface area contributed by atoms with Crippen molar-refractivity contribution in [2.45, 2.75) is 69.6 Å². The van der Waals surface area contributed by atoms with Crippen LogP contribution in [0.3, 0.4) is 0 Å². The summed E-state index contributed by atoms with van der Waals surface area (Å²) in [7, 11) is -3.73. The van der Waals surface area contributed by atoms with Gasteiger partial charge in [0.2, 0.25) is 0 Å². The Bertz CT molecular complexity index is 1410. The molecule has 5 atom stereocenters. The highest BCUT2D eigenvalue weighted by Gasteiger charge is 2.42. The van der Waals surface area contributed by atoms with Gasteiger partial charge in [0.05, 0.1) is 31.6 Å². The van der Waals surface area contributed by atoms with Crippen LogP contribution in [0.2, 0.25) is 0 Å². The van der Waals surface area contributed by atoms with Crippen molar-refractivity contribution >= 4 is 22.1 Å². The van der Waals surface area contributed by atoms with Gasteiger partial charge in [0.25, 0.3) is 16.0 Å². The zero-order valence-electron chi connectivity index (χ0n) is 24.8. The van der Waals surface area contributed by atoms with Gasteiger partial charge < -0.3 is 24.4 Å². The van der Waals surface area contributed by atoms with E-state index in [2.05, 4.69) is 11.9 Å². The molecule has 2 amide bonds. The van der Waals surface area contributed by atoms with E-state index in [1.54, 1.807) is 37.8 Å². The molecule has 1 fully saturated rings. The first-order chi connectivity index (χ1) is 20.2. The van der Waals surface area contributed by atoms with Gasteiger partial charge in [-0.1, -0.05) is 42.5 Å². The van der Waals surface area contributed by atoms with Crippen LogP contribution in [0.25, 0.3) is 0 Å². The molecule has 1 N–H and O–H groups in total. The smallest absolute Gasteiger partial charge is 0.407 e. The van der Waals surface area contributed by atoms with Crippen molar-refractivity contribution in [2.75, 3.05) is 26.0 Å². The number of carbonyl (C=O) groups excluding carboxylic acids is 2. The minimum absolute atomic E-state index is 0.0633. The van der Waals surface area contributed by atoms with Gasteiger partial charge in [-0.05, 0) is 56.0 Å². The standard InChI is InChI=1S/C31H39FN2O8S/c1-6-23(18-40-43(5,37)38)41-27-19-39-26(17-25(27)33-30(36)42-31(2,3)4)29(35)34-16-15-20-9-7-8-10-24(20)28(34)21-11-13-22(32)14-12-21/h6-14,23,25-28H,1,15-19H2,2-5H3,(H,33,36)/t23?,25-,26+,27-,28-/m0/s1. The van der Waals surface area contributed by atoms with Crippen molar-refractivity contribution in [3.8, 4) is 0 Å². The number of nitrogens with one attached hydrogen (secondary N) is 1. The molecule has 0 saturated carbocycles. The molecule has 4 rings (SSSR count). The fraction of sp³-hybridized carbons (Fsp3) is 0.484. The third kappa shape index (κ3) is 8.85. The summed E-state index contributed by atoms with van der Waals surface area (Å²) >= 11 is 0. The van der Waals surface area contributed by atoms with Crippen LogP contribution in [0.4, 0.5) is 9.18 Å². The van der Waals surface area contributed by atoms with E-state index in [0.29, 0.717) is 13.0 Å². The molecule has 1 unspecified atom stereocenters. The maximum Gasteiger partial charge on any atom is 0.407 e. The molecule has 2 aromatic carbocycles. The fourth-order valence-corrected chi connectivity index (χ4v) is 5.65. The summed E-state index contributed by atoms with van der Waals surface area (Å²) < 4.78 is 59.2. The highest BCUT2D eigenvalue weighted by atomic mass is 32.2. The number of benzene rings is 2. The molecule has 12 heteroatoms. The molecule has 0 aromatic heterocycles. The largest absolute Gasteiger partial charge is 0.444 e.